The molecule has 0 saturated heterocycles. The van der Waals surface area contributed by atoms with Crippen molar-refractivity contribution in [1.29, 1.82) is 0 Å². The predicted molar refractivity (Wildman–Crippen MR) is 131 cm³/mol. The van der Waals surface area contributed by atoms with Crippen molar-refractivity contribution in [3.63, 3.8) is 0 Å². The quantitative estimate of drug-likeness (QED) is 0.318. The third-order valence-electron chi connectivity index (χ3n) is 5.95. The molecule has 0 atom stereocenters. The average molecular weight is 446 g/mol. The van der Waals surface area contributed by atoms with Crippen molar-refractivity contribution in [1.82, 2.24) is 14.5 Å². The van der Waals surface area contributed by atoms with Crippen molar-refractivity contribution in [3.05, 3.63) is 93.9 Å². The fourth-order valence-corrected chi connectivity index (χ4v) is 4.14. The second-order valence-electron chi connectivity index (χ2n) is 8.43. The molecule has 0 bridgehead atoms. The Labute approximate surface area is 194 Å². The summed E-state index contributed by atoms with van der Waals surface area (Å²) in [5.74, 6) is 0.906. The van der Waals surface area contributed by atoms with E-state index in [2.05, 4.69) is 33.5 Å². The molecule has 6 heteroatoms. The Morgan fingerprint density at radius 1 is 1.06 bits per heavy atom. The molecule has 4 rings (SSSR count). The number of hydrogen-bond donors (Lipinski definition) is 0. The molecule has 4 aromatic rings. The maximum atomic E-state index is 12.3. The Bertz CT molecular complexity index is 1260. The van der Waals surface area contributed by atoms with Crippen molar-refractivity contribution in [3.8, 4) is 5.75 Å². The lowest BCUT2D eigenvalue weighted by atomic mass is 10.0. The largest absolute Gasteiger partial charge is 0.494 e. The summed E-state index contributed by atoms with van der Waals surface area (Å²) in [5.41, 5.74) is 4.77. The fourth-order valence-electron chi connectivity index (χ4n) is 4.14. The van der Waals surface area contributed by atoms with Gasteiger partial charge in [0.25, 0.3) is 0 Å². The third kappa shape index (κ3) is 5.71. The zero-order valence-corrected chi connectivity index (χ0v) is 19.6. The van der Waals surface area contributed by atoms with Gasteiger partial charge in [-0.3, -0.25) is 4.90 Å². The lowest BCUT2D eigenvalue weighted by Crippen LogP contribution is -2.26. The van der Waals surface area contributed by atoms with Gasteiger partial charge in [-0.2, -0.15) is 0 Å². The van der Waals surface area contributed by atoms with Crippen LogP contribution in [0, 0.1) is 13.8 Å². The van der Waals surface area contributed by atoms with Crippen LogP contribution in [0.25, 0.3) is 11.0 Å². The first kappa shape index (κ1) is 22.8. The number of ether oxygens (including phenoxy) is 1. The third-order valence-corrected chi connectivity index (χ3v) is 5.95. The molecule has 6 nitrogen and oxygen atoms in total. The summed E-state index contributed by atoms with van der Waals surface area (Å²) in [7, 11) is 0. The maximum Gasteiger partial charge on any atom is 0.336 e. The van der Waals surface area contributed by atoms with Gasteiger partial charge in [-0.1, -0.05) is 18.2 Å². The van der Waals surface area contributed by atoms with Crippen LogP contribution < -0.4 is 10.4 Å². The van der Waals surface area contributed by atoms with E-state index in [1.54, 1.807) is 12.3 Å². The molecule has 0 fully saturated rings. The predicted octanol–water partition coefficient (Wildman–Crippen LogP) is 5.10. The molecule has 0 N–H and O–H groups in total. The normalized spacial score (nSPS) is 11.4. The van der Waals surface area contributed by atoms with Gasteiger partial charge in [0.2, 0.25) is 0 Å². The summed E-state index contributed by atoms with van der Waals surface area (Å²) >= 11 is 0. The minimum atomic E-state index is -0.311. The minimum absolute atomic E-state index is 0.311. The number of hydrogen-bond acceptors (Lipinski definition) is 5. The van der Waals surface area contributed by atoms with Crippen LogP contribution in [0.5, 0.6) is 5.75 Å². The second-order valence-corrected chi connectivity index (χ2v) is 8.43. The second kappa shape index (κ2) is 10.5. The lowest BCUT2D eigenvalue weighted by molar-refractivity contribution is 0.242. The van der Waals surface area contributed by atoms with E-state index < -0.39 is 0 Å². The standard InChI is InChI=1S/C27H31N3O3/c1-4-32-25-9-6-5-8-22(25)17-30(12-7-11-29-13-10-28-19-29)18-23-16-27(31)33-26-15-21(3)20(2)14-24(23)26/h5-6,8-10,13-16,19H,4,7,11-12,17-18H2,1-3H3. The van der Waals surface area contributed by atoms with Crippen molar-refractivity contribution in [2.45, 2.75) is 46.8 Å². The van der Waals surface area contributed by atoms with E-state index >= 15 is 0 Å². The topological polar surface area (TPSA) is 60.5 Å². The van der Waals surface area contributed by atoms with E-state index in [1.165, 1.54) is 5.56 Å². The van der Waals surface area contributed by atoms with Crippen LogP contribution >= 0.6 is 0 Å². The number of fused-ring (bicyclic) bond motifs is 1. The highest BCUT2D eigenvalue weighted by Crippen LogP contribution is 2.25. The lowest BCUT2D eigenvalue weighted by Gasteiger charge is -2.24. The number of rotatable bonds is 10. The summed E-state index contributed by atoms with van der Waals surface area (Å²) in [4.78, 5) is 18.8. The van der Waals surface area contributed by atoms with Crippen molar-refractivity contribution >= 4 is 11.0 Å². The monoisotopic (exact) mass is 445 g/mol. The smallest absolute Gasteiger partial charge is 0.336 e. The molecule has 0 amide bonds. The highest BCUT2D eigenvalue weighted by Gasteiger charge is 2.15. The van der Waals surface area contributed by atoms with Gasteiger partial charge in [0.15, 0.2) is 0 Å². The Morgan fingerprint density at radius 2 is 1.85 bits per heavy atom. The SMILES string of the molecule is CCOc1ccccc1CN(CCCn1ccnc1)Cc1cc(=O)oc2cc(C)c(C)cc12. The Balaban J connectivity index is 1.63. The van der Waals surface area contributed by atoms with Gasteiger partial charge in [-0.05, 0) is 62.1 Å². The van der Waals surface area contributed by atoms with Crippen LogP contribution in [0.15, 0.2) is 70.4 Å². The van der Waals surface area contributed by atoms with Gasteiger partial charge >= 0.3 is 5.63 Å². The molecule has 0 spiro atoms. The molecule has 0 aliphatic heterocycles. The van der Waals surface area contributed by atoms with Crippen LogP contribution in [0.3, 0.4) is 0 Å². The van der Waals surface area contributed by atoms with E-state index in [0.29, 0.717) is 18.7 Å². The van der Waals surface area contributed by atoms with E-state index in [1.807, 2.05) is 50.6 Å². The van der Waals surface area contributed by atoms with Gasteiger partial charge < -0.3 is 13.7 Å². The van der Waals surface area contributed by atoms with Crippen LogP contribution in [0.4, 0.5) is 0 Å². The van der Waals surface area contributed by atoms with Gasteiger partial charge in [0, 0.05) is 55.6 Å². The fraction of sp³-hybridized carbons (Fsp3) is 0.333. The molecule has 2 heterocycles. The molecular weight excluding hydrogens is 414 g/mol. The maximum absolute atomic E-state index is 12.3. The Morgan fingerprint density at radius 3 is 2.64 bits per heavy atom. The van der Waals surface area contributed by atoms with Crippen LogP contribution in [-0.2, 0) is 19.6 Å². The number of nitrogens with zero attached hydrogens (tertiary/aromatic N) is 3. The van der Waals surface area contributed by atoms with Gasteiger partial charge in [0.1, 0.15) is 11.3 Å². The summed E-state index contributed by atoms with van der Waals surface area (Å²) in [5, 5.41) is 0.996. The number of aromatic nitrogens is 2. The molecule has 0 unspecified atom stereocenters. The van der Waals surface area contributed by atoms with Gasteiger partial charge in [0.05, 0.1) is 12.9 Å². The summed E-state index contributed by atoms with van der Waals surface area (Å²) in [6.45, 7) is 9.88. The zero-order valence-electron chi connectivity index (χ0n) is 19.6. The summed E-state index contributed by atoms with van der Waals surface area (Å²) < 4.78 is 13.5. The number of benzene rings is 2. The van der Waals surface area contributed by atoms with E-state index in [4.69, 9.17) is 9.15 Å². The van der Waals surface area contributed by atoms with E-state index in [9.17, 15) is 4.79 Å². The molecule has 0 aliphatic carbocycles. The molecule has 172 valence electrons. The molecule has 33 heavy (non-hydrogen) atoms. The Kier molecular flexibility index (Phi) is 7.25. The molecule has 2 aromatic carbocycles. The first-order valence-corrected chi connectivity index (χ1v) is 11.5. The number of imidazole rings is 1. The van der Waals surface area contributed by atoms with E-state index in [-0.39, 0.29) is 5.63 Å². The minimum Gasteiger partial charge on any atom is -0.494 e. The highest BCUT2D eigenvalue weighted by atomic mass is 16.5. The van der Waals surface area contributed by atoms with Crippen molar-refractivity contribution in [2.75, 3.05) is 13.2 Å². The average Bonchev–Trinajstić information content (AvgIpc) is 3.30. The zero-order chi connectivity index (χ0) is 23.2. The van der Waals surface area contributed by atoms with Gasteiger partial charge in [-0.15, -0.1) is 0 Å². The first-order chi connectivity index (χ1) is 16.0. The molecular formula is C27H31N3O3. The van der Waals surface area contributed by atoms with Crippen molar-refractivity contribution in [2.24, 2.45) is 0 Å². The van der Waals surface area contributed by atoms with E-state index in [0.717, 1.165) is 53.9 Å². The molecule has 0 radical (unpaired) electrons. The summed E-state index contributed by atoms with van der Waals surface area (Å²) in [6.07, 6.45) is 6.59. The van der Waals surface area contributed by atoms with Crippen LogP contribution in [0.2, 0.25) is 0 Å². The summed E-state index contributed by atoms with van der Waals surface area (Å²) in [6, 6.07) is 13.9. The van der Waals surface area contributed by atoms with Crippen molar-refractivity contribution < 1.29 is 9.15 Å². The Hall–Kier alpha value is -3.38. The number of aryl methyl sites for hydroxylation is 3. The van der Waals surface area contributed by atoms with Gasteiger partial charge in [-0.25, -0.2) is 9.78 Å². The molecule has 0 saturated carbocycles. The van der Waals surface area contributed by atoms with Crippen LogP contribution in [-0.4, -0.2) is 27.6 Å². The first-order valence-electron chi connectivity index (χ1n) is 11.5. The molecule has 0 aliphatic rings. The number of para-hydroxylation sites is 1. The molecule has 2 aromatic heterocycles. The highest BCUT2D eigenvalue weighted by molar-refractivity contribution is 5.81. The van der Waals surface area contributed by atoms with Crippen LogP contribution in [0.1, 0.15) is 35.6 Å².